The zero-order valence-electron chi connectivity index (χ0n) is 12.8. The molecule has 1 amide bonds. The van der Waals surface area contributed by atoms with Crippen molar-refractivity contribution in [3.8, 4) is 0 Å². The SMILES string of the molecule is Cc1ccc(Cl)cc1NC(=O)[C@H](C)OC(=O)C[C@@H]1C=CCC1. The number of anilines is 1. The molecule has 1 aliphatic rings. The summed E-state index contributed by atoms with van der Waals surface area (Å²) < 4.78 is 5.20. The highest BCUT2D eigenvalue weighted by molar-refractivity contribution is 6.31. The Bertz CT molecular complexity index is 598. The van der Waals surface area contributed by atoms with Crippen molar-refractivity contribution in [2.75, 3.05) is 5.32 Å². The van der Waals surface area contributed by atoms with Crippen molar-refractivity contribution in [3.05, 3.63) is 40.9 Å². The van der Waals surface area contributed by atoms with Gasteiger partial charge in [0.2, 0.25) is 0 Å². The van der Waals surface area contributed by atoms with E-state index < -0.39 is 6.10 Å². The van der Waals surface area contributed by atoms with E-state index in [9.17, 15) is 9.59 Å². The fourth-order valence-corrected chi connectivity index (χ4v) is 2.51. The van der Waals surface area contributed by atoms with Gasteiger partial charge in [-0.1, -0.05) is 29.8 Å². The summed E-state index contributed by atoms with van der Waals surface area (Å²) in [4.78, 5) is 23.9. The predicted molar refractivity (Wildman–Crippen MR) is 86.9 cm³/mol. The second-order valence-corrected chi connectivity index (χ2v) is 5.99. The molecule has 4 nitrogen and oxygen atoms in total. The van der Waals surface area contributed by atoms with Gasteiger partial charge >= 0.3 is 5.97 Å². The molecule has 118 valence electrons. The number of carbonyl (C=O) groups excluding carboxylic acids is 2. The minimum Gasteiger partial charge on any atom is -0.453 e. The van der Waals surface area contributed by atoms with Crippen LogP contribution in [0.25, 0.3) is 0 Å². The van der Waals surface area contributed by atoms with Crippen molar-refractivity contribution in [2.45, 2.75) is 39.2 Å². The number of aryl methyl sites for hydroxylation is 1. The van der Waals surface area contributed by atoms with Gasteiger partial charge in [0.15, 0.2) is 6.10 Å². The molecule has 0 saturated carbocycles. The fourth-order valence-electron chi connectivity index (χ4n) is 2.34. The Morgan fingerprint density at radius 1 is 1.45 bits per heavy atom. The third-order valence-corrected chi connectivity index (χ3v) is 3.91. The topological polar surface area (TPSA) is 55.4 Å². The van der Waals surface area contributed by atoms with E-state index in [2.05, 4.69) is 11.4 Å². The van der Waals surface area contributed by atoms with Crippen LogP contribution in [0.2, 0.25) is 5.02 Å². The van der Waals surface area contributed by atoms with Crippen LogP contribution in [0.1, 0.15) is 31.7 Å². The average Bonchev–Trinajstić information content (AvgIpc) is 2.95. The van der Waals surface area contributed by atoms with E-state index in [1.165, 1.54) is 0 Å². The zero-order valence-corrected chi connectivity index (χ0v) is 13.5. The van der Waals surface area contributed by atoms with Crippen molar-refractivity contribution < 1.29 is 14.3 Å². The van der Waals surface area contributed by atoms with Crippen LogP contribution in [-0.4, -0.2) is 18.0 Å². The van der Waals surface area contributed by atoms with Crippen LogP contribution < -0.4 is 5.32 Å². The van der Waals surface area contributed by atoms with Gasteiger partial charge in [-0.2, -0.15) is 0 Å². The van der Waals surface area contributed by atoms with Crippen LogP contribution in [0.5, 0.6) is 0 Å². The number of amides is 1. The van der Waals surface area contributed by atoms with Crippen LogP contribution >= 0.6 is 11.6 Å². The van der Waals surface area contributed by atoms with E-state index in [1.54, 1.807) is 19.1 Å². The molecule has 2 rings (SSSR count). The molecule has 0 saturated heterocycles. The third-order valence-electron chi connectivity index (χ3n) is 3.68. The number of carbonyl (C=O) groups is 2. The average molecular weight is 322 g/mol. The fraction of sp³-hybridized carbons (Fsp3) is 0.412. The molecular weight excluding hydrogens is 302 g/mol. The second kappa shape index (κ2) is 7.45. The summed E-state index contributed by atoms with van der Waals surface area (Å²) in [5.41, 5.74) is 1.52. The summed E-state index contributed by atoms with van der Waals surface area (Å²) in [7, 11) is 0. The highest BCUT2D eigenvalue weighted by atomic mass is 35.5. The van der Waals surface area contributed by atoms with Crippen LogP contribution in [0, 0.1) is 12.8 Å². The molecule has 0 fully saturated rings. The summed E-state index contributed by atoms with van der Waals surface area (Å²) >= 11 is 5.92. The molecule has 2 atom stereocenters. The lowest BCUT2D eigenvalue weighted by Crippen LogP contribution is -2.30. The summed E-state index contributed by atoms with van der Waals surface area (Å²) in [6.07, 6.45) is 5.55. The number of allylic oxidation sites excluding steroid dienone is 2. The van der Waals surface area contributed by atoms with Crippen LogP contribution in [0.3, 0.4) is 0 Å². The Balaban J connectivity index is 1.87. The summed E-state index contributed by atoms with van der Waals surface area (Å²) in [6, 6.07) is 5.25. The number of benzene rings is 1. The molecule has 1 aromatic carbocycles. The largest absolute Gasteiger partial charge is 0.453 e. The van der Waals surface area contributed by atoms with Crippen LogP contribution in [-0.2, 0) is 14.3 Å². The van der Waals surface area contributed by atoms with E-state index in [4.69, 9.17) is 16.3 Å². The quantitative estimate of drug-likeness (QED) is 0.661. The molecule has 22 heavy (non-hydrogen) atoms. The van der Waals surface area contributed by atoms with Gasteiger partial charge in [0.1, 0.15) is 0 Å². The van der Waals surface area contributed by atoms with E-state index in [1.807, 2.05) is 19.1 Å². The first kappa shape index (κ1) is 16.6. The zero-order chi connectivity index (χ0) is 16.1. The van der Waals surface area contributed by atoms with Gasteiger partial charge in [-0.05, 0) is 50.3 Å². The van der Waals surface area contributed by atoms with Gasteiger partial charge in [-0.25, -0.2) is 0 Å². The van der Waals surface area contributed by atoms with E-state index in [0.717, 1.165) is 18.4 Å². The monoisotopic (exact) mass is 321 g/mol. The highest BCUT2D eigenvalue weighted by Crippen LogP contribution is 2.22. The second-order valence-electron chi connectivity index (χ2n) is 5.55. The van der Waals surface area contributed by atoms with Gasteiger partial charge < -0.3 is 10.1 Å². The Morgan fingerprint density at radius 2 is 2.23 bits per heavy atom. The van der Waals surface area contributed by atoms with Gasteiger partial charge in [-0.15, -0.1) is 0 Å². The Morgan fingerprint density at radius 3 is 2.91 bits per heavy atom. The Hall–Kier alpha value is -1.81. The lowest BCUT2D eigenvalue weighted by molar-refractivity contribution is -0.153. The normalized spacial score (nSPS) is 18.0. The summed E-state index contributed by atoms with van der Waals surface area (Å²) in [6.45, 7) is 3.44. The van der Waals surface area contributed by atoms with Crippen molar-refractivity contribution in [1.29, 1.82) is 0 Å². The molecule has 1 aliphatic carbocycles. The molecule has 0 aliphatic heterocycles. The third kappa shape index (κ3) is 4.60. The van der Waals surface area contributed by atoms with Gasteiger partial charge in [0.25, 0.3) is 5.91 Å². The molecule has 0 aromatic heterocycles. The summed E-state index contributed by atoms with van der Waals surface area (Å²) in [5, 5.41) is 3.28. The Kier molecular flexibility index (Phi) is 5.61. The van der Waals surface area contributed by atoms with E-state index in [-0.39, 0.29) is 17.8 Å². The number of ether oxygens (including phenoxy) is 1. The molecule has 1 N–H and O–H groups in total. The maximum atomic E-state index is 12.1. The van der Waals surface area contributed by atoms with Gasteiger partial charge in [0, 0.05) is 10.7 Å². The van der Waals surface area contributed by atoms with Crippen molar-refractivity contribution in [3.63, 3.8) is 0 Å². The molecule has 0 heterocycles. The van der Waals surface area contributed by atoms with Crippen molar-refractivity contribution in [2.24, 2.45) is 5.92 Å². The first-order chi connectivity index (χ1) is 10.5. The van der Waals surface area contributed by atoms with Crippen molar-refractivity contribution >= 4 is 29.2 Å². The number of halogens is 1. The number of nitrogens with one attached hydrogen (secondary N) is 1. The van der Waals surface area contributed by atoms with Gasteiger partial charge in [-0.3, -0.25) is 9.59 Å². The number of hydrogen-bond acceptors (Lipinski definition) is 3. The molecule has 0 bridgehead atoms. The summed E-state index contributed by atoms with van der Waals surface area (Å²) in [5.74, 6) is -0.472. The molecule has 1 aromatic rings. The van der Waals surface area contributed by atoms with E-state index >= 15 is 0 Å². The maximum Gasteiger partial charge on any atom is 0.307 e. The lowest BCUT2D eigenvalue weighted by atomic mass is 10.1. The van der Waals surface area contributed by atoms with Crippen LogP contribution in [0.4, 0.5) is 5.69 Å². The molecule has 0 spiro atoms. The lowest BCUT2D eigenvalue weighted by Gasteiger charge is -2.16. The number of esters is 1. The molecular formula is C17H20ClNO3. The minimum absolute atomic E-state index is 0.234. The van der Waals surface area contributed by atoms with E-state index in [0.29, 0.717) is 17.1 Å². The standard InChI is InChI=1S/C17H20ClNO3/c1-11-7-8-14(18)10-15(11)19-17(21)12(2)22-16(20)9-13-5-3-4-6-13/h3,5,7-8,10,12-13H,4,6,9H2,1-2H3,(H,19,21)/t12-,13+/m0/s1. The molecule has 0 unspecified atom stereocenters. The maximum absolute atomic E-state index is 12.1. The molecule has 5 heteroatoms. The first-order valence-electron chi connectivity index (χ1n) is 7.39. The smallest absolute Gasteiger partial charge is 0.307 e. The highest BCUT2D eigenvalue weighted by Gasteiger charge is 2.21. The molecule has 0 radical (unpaired) electrons. The first-order valence-corrected chi connectivity index (χ1v) is 7.76. The minimum atomic E-state index is -0.837. The Labute approximate surface area is 135 Å². The number of rotatable bonds is 5. The van der Waals surface area contributed by atoms with Crippen LogP contribution in [0.15, 0.2) is 30.4 Å². The predicted octanol–water partition coefficient (Wildman–Crippen LogP) is 3.87. The number of hydrogen-bond donors (Lipinski definition) is 1. The van der Waals surface area contributed by atoms with Crippen molar-refractivity contribution in [1.82, 2.24) is 0 Å². The van der Waals surface area contributed by atoms with Gasteiger partial charge in [0.05, 0.1) is 6.42 Å².